The lowest BCUT2D eigenvalue weighted by molar-refractivity contribution is 0.102. The molecule has 0 bridgehead atoms. The Bertz CT molecular complexity index is 860. The largest absolute Gasteiger partial charge is 0.326 e. The Kier molecular flexibility index (Phi) is 4.94. The molecule has 0 saturated carbocycles. The van der Waals surface area contributed by atoms with Crippen LogP contribution >= 0.6 is 11.6 Å². The Labute approximate surface area is 146 Å². The van der Waals surface area contributed by atoms with E-state index in [0.717, 1.165) is 22.4 Å². The Morgan fingerprint density at radius 1 is 0.917 bits per heavy atom. The van der Waals surface area contributed by atoms with Gasteiger partial charge in [0.25, 0.3) is 5.91 Å². The monoisotopic (exact) mass is 336 g/mol. The van der Waals surface area contributed by atoms with Crippen LogP contribution in [-0.2, 0) is 6.54 Å². The van der Waals surface area contributed by atoms with E-state index in [0.29, 0.717) is 17.1 Å². The van der Waals surface area contributed by atoms with E-state index in [1.807, 2.05) is 42.5 Å². The van der Waals surface area contributed by atoms with Crippen molar-refractivity contribution in [1.82, 2.24) is 0 Å². The summed E-state index contributed by atoms with van der Waals surface area (Å²) in [5.41, 5.74) is 10.2. The SMILES string of the molecule is NCc1cccc(-c2cccc(NC(=O)c3ccc(Cl)cc3)c2)c1. The van der Waals surface area contributed by atoms with Crippen LogP contribution in [0, 0.1) is 0 Å². The molecule has 3 N–H and O–H groups in total. The van der Waals surface area contributed by atoms with E-state index in [1.54, 1.807) is 24.3 Å². The molecule has 0 saturated heterocycles. The van der Waals surface area contributed by atoms with Gasteiger partial charge in [0, 0.05) is 22.8 Å². The molecule has 3 nitrogen and oxygen atoms in total. The highest BCUT2D eigenvalue weighted by molar-refractivity contribution is 6.30. The van der Waals surface area contributed by atoms with Gasteiger partial charge >= 0.3 is 0 Å². The molecule has 0 atom stereocenters. The van der Waals surface area contributed by atoms with Gasteiger partial charge in [-0.2, -0.15) is 0 Å². The molecule has 3 rings (SSSR count). The number of hydrogen-bond donors (Lipinski definition) is 2. The predicted molar refractivity (Wildman–Crippen MR) is 99.2 cm³/mol. The summed E-state index contributed by atoms with van der Waals surface area (Å²) in [6.45, 7) is 0.501. The number of amides is 1. The van der Waals surface area contributed by atoms with E-state index in [4.69, 9.17) is 17.3 Å². The van der Waals surface area contributed by atoms with Crippen LogP contribution in [0.1, 0.15) is 15.9 Å². The highest BCUT2D eigenvalue weighted by Crippen LogP contribution is 2.24. The topological polar surface area (TPSA) is 55.1 Å². The molecule has 0 heterocycles. The minimum absolute atomic E-state index is 0.167. The number of nitrogens with one attached hydrogen (secondary N) is 1. The summed E-state index contributed by atoms with van der Waals surface area (Å²) in [4.78, 5) is 12.3. The van der Waals surface area contributed by atoms with Crippen molar-refractivity contribution in [3.05, 3.63) is 88.9 Å². The van der Waals surface area contributed by atoms with Crippen molar-refractivity contribution < 1.29 is 4.79 Å². The first-order valence-electron chi connectivity index (χ1n) is 7.62. The lowest BCUT2D eigenvalue weighted by Crippen LogP contribution is -2.11. The van der Waals surface area contributed by atoms with Crippen LogP contribution < -0.4 is 11.1 Å². The van der Waals surface area contributed by atoms with Crippen LogP contribution in [-0.4, -0.2) is 5.91 Å². The van der Waals surface area contributed by atoms with Crippen molar-refractivity contribution in [2.75, 3.05) is 5.32 Å². The predicted octanol–water partition coefficient (Wildman–Crippen LogP) is 4.72. The average Bonchev–Trinajstić information content (AvgIpc) is 2.62. The molecule has 0 aromatic heterocycles. The summed E-state index contributed by atoms with van der Waals surface area (Å²) in [5, 5.41) is 3.51. The van der Waals surface area contributed by atoms with Crippen molar-refractivity contribution in [1.29, 1.82) is 0 Å². The average molecular weight is 337 g/mol. The third-order valence-electron chi connectivity index (χ3n) is 3.72. The number of benzene rings is 3. The first-order chi connectivity index (χ1) is 11.7. The van der Waals surface area contributed by atoms with Crippen LogP contribution in [0.5, 0.6) is 0 Å². The van der Waals surface area contributed by atoms with Crippen molar-refractivity contribution >= 4 is 23.2 Å². The second-order valence-electron chi connectivity index (χ2n) is 5.45. The minimum atomic E-state index is -0.167. The molecular weight excluding hydrogens is 320 g/mol. The molecule has 0 unspecified atom stereocenters. The number of hydrogen-bond acceptors (Lipinski definition) is 2. The second kappa shape index (κ2) is 7.30. The highest BCUT2D eigenvalue weighted by Gasteiger charge is 2.07. The van der Waals surface area contributed by atoms with Crippen LogP contribution in [0.2, 0.25) is 5.02 Å². The Hall–Kier alpha value is -2.62. The molecule has 3 aromatic rings. The standard InChI is InChI=1S/C20H17ClN2O/c21-18-9-7-15(8-10-18)20(24)23-19-6-2-5-17(12-19)16-4-1-3-14(11-16)13-22/h1-12H,13,22H2,(H,23,24). The van der Waals surface area contributed by atoms with Crippen molar-refractivity contribution in [2.45, 2.75) is 6.54 Å². The summed E-state index contributed by atoms with van der Waals surface area (Å²) in [6, 6.07) is 22.6. The maximum absolute atomic E-state index is 12.3. The number of halogens is 1. The molecule has 0 aliphatic heterocycles. The summed E-state index contributed by atoms with van der Waals surface area (Å²) in [7, 11) is 0. The summed E-state index contributed by atoms with van der Waals surface area (Å²) < 4.78 is 0. The molecule has 120 valence electrons. The molecule has 24 heavy (non-hydrogen) atoms. The van der Waals surface area contributed by atoms with Gasteiger partial charge < -0.3 is 11.1 Å². The molecule has 0 radical (unpaired) electrons. The van der Waals surface area contributed by atoms with Crippen molar-refractivity contribution in [3.63, 3.8) is 0 Å². The van der Waals surface area contributed by atoms with Gasteiger partial charge in [0.15, 0.2) is 0 Å². The lowest BCUT2D eigenvalue weighted by atomic mass is 10.0. The number of anilines is 1. The van der Waals surface area contributed by atoms with Gasteiger partial charge in [-0.25, -0.2) is 0 Å². The molecule has 0 spiro atoms. The molecule has 0 fully saturated rings. The van der Waals surface area contributed by atoms with Crippen molar-refractivity contribution in [2.24, 2.45) is 5.73 Å². The van der Waals surface area contributed by atoms with Gasteiger partial charge in [0.1, 0.15) is 0 Å². The van der Waals surface area contributed by atoms with Gasteiger partial charge in [-0.1, -0.05) is 41.9 Å². The van der Waals surface area contributed by atoms with Gasteiger partial charge in [-0.05, 0) is 59.2 Å². The zero-order chi connectivity index (χ0) is 16.9. The van der Waals surface area contributed by atoms with E-state index in [-0.39, 0.29) is 5.91 Å². The van der Waals surface area contributed by atoms with E-state index in [2.05, 4.69) is 11.4 Å². The fourth-order valence-electron chi connectivity index (χ4n) is 2.46. The van der Waals surface area contributed by atoms with E-state index < -0.39 is 0 Å². The Morgan fingerprint density at radius 2 is 1.58 bits per heavy atom. The van der Waals surface area contributed by atoms with Gasteiger partial charge in [-0.15, -0.1) is 0 Å². The van der Waals surface area contributed by atoms with Crippen LogP contribution in [0.3, 0.4) is 0 Å². The third kappa shape index (κ3) is 3.82. The van der Waals surface area contributed by atoms with Crippen LogP contribution in [0.15, 0.2) is 72.8 Å². The number of carbonyl (C=O) groups is 1. The van der Waals surface area contributed by atoms with E-state index in [9.17, 15) is 4.79 Å². The quantitative estimate of drug-likeness (QED) is 0.724. The summed E-state index contributed by atoms with van der Waals surface area (Å²) in [6.07, 6.45) is 0. The smallest absolute Gasteiger partial charge is 0.255 e. The zero-order valence-corrected chi connectivity index (χ0v) is 13.8. The second-order valence-corrected chi connectivity index (χ2v) is 5.88. The molecule has 3 aromatic carbocycles. The number of carbonyl (C=O) groups excluding carboxylic acids is 1. The molecule has 1 amide bonds. The van der Waals surface area contributed by atoms with Crippen LogP contribution in [0.25, 0.3) is 11.1 Å². The van der Waals surface area contributed by atoms with Gasteiger partial charge in [-0.3, -0.25) is 4.79 Å². The molecule has 0 aliphatic rings. The lowest BCUT2D eigenvalue weighted by Gasteiger charge is -2.09. The normalized spacial score (nSPS) is 10.4. The van der Waals surface area contributed by atoms with E-state index >= 15 is 0 Å². The zero-order valence-electron chi connectivity index (χ0n) is 13.0. The van der Waals surface area contributed by atoms with Gasteiger partial charge in [0.05, 0.1) is 0 Å². The maximum atomic E-state index is 12.3. The molecule has 0 aliphatic carbocycles. The van der Waals surface area contributed by atoms with Crippen LogP contribution in [0.4, 0.5) is 5.69 Å². The Balaban J connectivity index is 1.82. The molecular formula is C20H17ClN2O. The van der Waals surface area contributed by atoms with E-state index in [1.165, 1.54) is 0 Å². The highest BCUT2D eigenvalue weighted by atomic mass is 35.5. The first-order valence-corrected chi connectivity index (χ1v) is 8.00. The van der Waals surface area contributed by atoms with Crippen molar-refractivity contribution in [3.8, 4) is 11.1 Å². The maximum Gasteiger partial charge on any atom is 0.255 e. The minimum Gasteiger partial charge on any atom is -0.326 e. The Morgan fingerprint density at radius 3 is 2.29 bits per heavy atom. The number of nitrogens with two attached hydrogens (primary N) is 1. The third-order valence-corrected chi connectivity index (χ3v) is 3.97. The molecule has 4 heteroatoms. The fourth-order valence-corrected chi connectivity index (χ4v) is 2.58. The first kappa shape index (κ1) is 16.2. The number of rotatable bonds is 4. The summed E-state index contributed by atoms with van der Waals surface area (Å²) in [5.74, 6) is -0.167. The summed E-state index contributed by atoms with van der Waals surface area (Å²) >= 11 is 5.85. The fraction of sp³-hybridized carbons (Fsp3) is 0.0500. The van der Waals surface area contributed by atoms with Gasteiger partial charge in [0.2, 0.25) is 0 Å².